The standard InChI is InChI=1S/C29H42N4O14/c1-12(2)20(33-26(41)17(30-5)8-9-19(35)36)27(42)31-13(3)25(40)32-16-7-6-15(11-45-14(4)34)10-18(16)46-29-23(39)21(37)22(38)24(47-29)28(43)44/h6-7,10,12-13,17,20-24,29-30,37-39H,8-9,11H2,1-5H3,(H,31,42)(H,32,40)(H,33,41)(H,35,36)(H,43,44)/t13-,17-,20-,21-,22-,23+,24-,29+/m0/s1. The van der Waals surface area contributed by atoms with Crippen LogP contribution in [0.1, 0.15) is 46.1 Å². The first-order valence-electron chi connectivity index (χ1n) is 14.6. The molecule has 1 aliphatic rings. The summed E-state index contributed by atoms with van der Waals surface area (Å²) in [4.78, 5) is 72.8. The SMILES string of the molecule is CN[C@@H](CCC(=O)O)C(=O)N[C@H](C(=O)N[C@@H](C)C(=O)Nc1ccc(COC(C)=O)cc1O[C@@H]1O[C@H](C(=O)O)[C@@H](O)[C@H](O)[C@H]1O)C(C)C. The predicted octanol–water partition coefficient (Wildman–Crippen LogP) is -1.94. The lowest BCUT2D eigenvalue weighted by molar-refractivity contribution is -0.271. The predicted molar refractivity (Wildman–Crippen MR) is 160 cm³/mol. The summed E-state index contributed by atoms with van der Waals surface area (Å²) in [5.74, 6) is -6.06. The minimum atomic E-state index is -1.98. The molecule has 1 aromatic rings. The van der Waals surface area contributed by atoms with E-state index in [1.54, 1.807) is 13.8 Å². The summed E-state index contributed by atoms with van der Waals surface area (Å²) in [5, 5.41) is 59.2. The van der Waals surface area contributed by atoms with Crippen LogP contribution in [0.25, 0.3) is 0 Å². The average Bonchev–Trinajstić information content (AvgIpc) is 2.99. The summed E-state index contributed by atoms with van der Waals surface area (Å²) in [7, 11) is 1.47. The summed E-state index contributed by atoms with van der Waals surface area (Å²) in [6.45, 7) is 5.63. The maximum atomic E-state index is 13.2. The first kappa shape index (κ1) is 38.8. The first-order valence-corrected chi connectivity index (χ1v) is 14.6. The number of likely N-dealkylation sites (N-methyl/N-ethyl adjacent to an activating group) is 1. The van der Waals surface area contributed by atoms with E-state index in [1.165, 1.54) is 39.1 Å². The van der Waals surface area contributed by atoms with E-state index < -0.39 is 90.4 Å². The van der Waals surface area contributed by atoms with Crippen LogP contribution in [-0.4, -0.2) is 117 Å². The van der Waals surface area contributed by atoms with Gasteiger partial charge in [0.15, 0.2) is 6.10 Å². The Morgan fingerprint density at radius 2 is 1.57 bits per heavy atom. The van der Waals surface area contributed by atoms with Gasteiger partial charge in [-0.2, -0.15) is 0 Å². The molecular formula is C29H42N4O14. The third-order valence-electron chi connectivity index (χ3n) is 7.11. The van der Waals surface area contributed by atoms with Crippen molar-refractivity contribution in [1.82, 2.24) is 16.0 Å². The fourth-order valence-corrected chi connectivity index (χ4v) is 4.39. The van der Waals surface area contributed by atoms with Gasteiger partial charge in [0.25, 0.3) is 0 Å². The van der Waals surface area contributed by atoms with Crippen molar-refractivity contribution >= 4 is 41.3 Å². The molecular weight excluding hydrogens is 628 g/mol. The van der Waals surface area contributed by atoms with Gasteiger partial charge in [0.05, 0.1) is 11.7 Å². The van der Waals surface area contributed by atoms with Crippen molar-refractivity contribution < 1.29 is 68.5 Å². The highest BCUT2D eigenvalue weighted by molar-refractivity contribution is 5.99. The van der Waals surface area contributed by atoms with Gasteiger partial charge in [0, 0.05) is 13.3 Å². The maximum Gasteiger partial charge on any atom is 0.335 e. The molecule has 1 heterocycles. The van der Waals surface area contributed by atoms with Crippen LogP contribution in [-0.2, 0) is 44.8 Å². The number of carboxylic acid groups (broad SMARTS) is 2. The number of carbonyl (C=O) groups is 6. The molecule has 1 aromatic carbocycles. The molecule has 0 spiro atoms. The normalized spacial score (nSPS) is 22.7. The number of hydrogen-bond donors (Lipinski definition) is 9. The number of rotatable bonds is 16. The van der Waals surface area contributed by atoms with Crippen molar-refractivity contribution in [2.24, 2.45) is 5.92 Å². The molecule has 47 heavy (non-hydrogen) atoms. The van der Waals surface area contributed by atoms with Crippen LogP contribution in [0.3, 0.4) is 0 Å². The fraction of sp³-hybridized carbons (Fsp3) is 0.586. The third-order valence-corrected chi connectivity index (χ3v) is 7.11. The summed E-state index contributed by atoms with van der Waals surface area (Å²) >= 11 is 0. The van der Waals surface area contributed by atoms with Crippen LogP contribution >= 0.6 is 0 Å². The number of ether oxygens (including phenoxy) is 3. The molecule has 0 aromatic heterocycles. The van der Waals surface area contributed by atoms with Crippen LogP contribution in [0.5, 0.6) is 5.75 Å². The van der Waals surface area contributed by atoms with E-state index in [-0.39, 0.29) is 30.9 Å². The van der Waals surface area contributed by atoms with Gasteiger partial charge in [0.1, 0.15) is 42.8 Å². The molecule has 18 heteroatoms. The van der Waals surface area contributed by atoms with Crippen molar-refractivity contribution in [3.05, 3.63) is 23.8 Å². The van der Waals surface area contributed by atoms with Crippen LogP contribution < -0.4 is 26.0 Å². The van der Waals surface area contributed by atoms with Gasteiger partial charge < -0.3 is 61.0 Å². The number of amides is 3. The quantitative estimate of drug-likeness (QED) is 0.0865. The Balaban J connectivity index is 2.24. The van der Waals surface area contributed by atoms with Gasteiger partial charge in [0.2, 0.25) is 24.0 Å². The zero-order valence-electron chi connectivity index (χ0n) is 26.5. The lowest BCUT2D eigenvalue weighted by Crippen LogP contribution is -2.61. The average molecular weight is 671 g/mol. The Kier molecular flexibility index (Phi) is 14.5. The number of carboxylic acids is 2. The van der Waals surface area contributed by atoms with E-state index in [9.17, 15) is 49.2 Å². The van der Waals surface area contributed by atoms with Crippen molar-refractivity contribution in [2.45, 2.75) is 96.0 Å². The molecule has 3 amide bonds. The number of esters is 1. The van der Waals surface area contributed by atoms with E-state index >= 15 is 0 Å². The minimum Gasteiger partial charge on any atom is -0.481 e. The Bertz CT molecular complexity index is 1310. The molecule has 18 nitrogen and oxygen atoms in total. The van der Waals surface area contributed by atoms with E-state index in [1.807, 2.05) is 0 Å². The van der Waals surface area contributed by atoms with Crippen molar-refractivity contribution in [3.8, 4) is 5.75 Å². The summed E-state index contributed by atoms with van der Waals surface area (Å²) in [6.07, 6.45) is -9.97. The second-order valence-electron chi connectivity index (χ2n) is 11.2. The Morgan fingerprint density at radius 3 is 2.13 bits per heavy atom. The van der Waals surface area contributed by atoms with Gasteiger partial charge in [-0.05, 0) is 44.0 Å². The molecule has 1 fully saturated rings. The van der Waals surface area contributed by atoms with Crippen LogP contribution in [0.4, 0.5) is 5.69 Å². The number of aliphatic carboxylic acids is 2. The second-order valence-corrected chi connectivity index (χ2v) is 11.2. The van der Waals surface area contributed by atoms with Crippen molar-refractivity contribution in [3.63, 3.8) is 0 Å². The zero-order chi connectivity index (χ0) is 35.6. The van der Waals surface area contributed by atoms with Gasteiger partial charge in [-0.1, -0.05) is 19.9 Å². The molecule has 0 radical (unpaired) electrons. The van der Waals surface area contributed by atoms with Crippen LogP contribution in [0.15, 0.2) is 18.2 Å². The largest absolute Gasteiger partial charge is 0.481 e. The van der Waals surface area contributed by atoms with Crippen LogP contribution in [0.2, 0.25) is 0 Å². The summed E-state index contributed by atoms with van der Waals surface area (Å²) < 4.78 is 15.8. The maximum absolute atomic E-state index is 13.2. The second kappa shape index (κ2) is 17.5. The molecule has 0 bridgehead atoms. The number of anilines is 1. The van der Waals surface area contributed by atoms with E-state index in [0.29, 0.717) is 5.56 Å². The number of nitrogens with one attached hydrogen (secondary N) is 4. The van der Waals surface area contributed by atoms with Crippen LogP contribution in [0, 0.1) is 5.92 Å². The van der Waals surface area contributed by atoms with E-state index in [0.717, 1.165) is 0 Å². The van der Waals surface area contributed by atoms with Gasteiger partial charge in [-0.3, -0.25) is 24.0 Å². The third kappa shape index (κ3) is 11.1. The molecule has 8 atom stereocenters. The fourth-order valence-electron chi connectivity index (χ4n) is 4.39. The number of hydrogen-bond acceptors (Lipinski definition) is 13. The lowest BCUT2D eigenvalue weighted by Gasteiger charge is -2.38. The smallest absolute Gasteiger partial charge is 0.335 e. The molecule has 0 saturated carbocycles. The van der Waals surface area contributed by atoms with Crippen molar-refractivity contribution in [2.75, 3.05) is 12.4 Å². The summed E-state index contributed by atoms with van der Waals surface area (Å²) in [6, 6.07) is 0.904. The van der Waals surface area contributed by atoms with E-state index in [4.69, 9.17) is 19.3 Å². The zero-order valence-corrected chi connectivity index (χ0v) is 26.5. The molecule has 0 aliphatic carbocycles. The minimum absolute atomic E-state index is 0.0214. The van der Waals surface area contributed by atoms with Gasteiger partial charge in [-0.15, -0.1) is 0 Å². The Morgan fingerprint density at radius 1 is 0.915 bits per heavy atom. The molecule has 1 aliphatic heterocycles. The number of aliphatic hydroxyl groups excluding tert-OH is 3. The molecule has 2 rings (SSSR count). The van der Waals surface area contributed by atoms with Gasteiger partial charge in [-0.25, -0.2) is 4.79 Å². The molecule has 9 N–H and O–H groups in total. The monoisotopic (exact) mass is 670 g/mol. The Labute approximate surface area is 269 Å². The highest BCUT2D eigenvalue weighted by Crippen LogP contribution is 2.31. The lowest BCUT2D eigenvalue weighted by atomic mass is 9.99. The molecule has 262 valence electrons. The van der Waals surface area contributed by atoms with Crippen molar-refractivity contribution in [1.29, 1.82) is 0 Å². The molecule has 1 saturated heterocycles. The highest BCUT2D eigenvalue weighted by Gasteiger charge is 2.48. The number of benzene rings is 1. The summed E-state index contributed by atoms with van der Waals surface area (Å²) in [5.41, 5.74) is 0.281. The first-order chi connectivity index (χ1) is 22.0. The Hall–Kier alpha value is -4.36. The highest BCUT2D eigenvalue weighted by atomic mass is 16.7. The molecule has 0 unspecified atom stereocenters. The number of aliphatic hydroxyl groups is 3. The topological polar surface area (TPSA) is 279 Å². The number of carbonyl (C=O) groups excluding carboxylic acids is 4. The van der Waals surface area contributed by atoms with Gasteiger partial charge >= 0.3 is 17.9 Å². The van der Waals surface area contributed by atoms with E-state index in [2.05, 4.69) is 21.3 Å².